The molecule has 0 aromatic carbocycles. The van der Waals surface area contributed by atoms with Crippen LogP contribution in [0, 0.1) is 5.92 Å². The highest BCUT2D eigenvalue weighted by Gasteiger charge is 2.44. The summed E-state index contributed by atoms with van der Waals surface area (Å²) < 4.78 is 29.6. The van der Waals surface area contributed by atoms with Crippen LogP contribution >= 0.6 is 0 Å². The number of hydrogen-bond acceptors (Lipinski definition) is 4. The van der Waals surface area contributed by atoms with Crippen LogP contribution in [0.15, 0.2) is 0 Å². The van der Waals surface area contributed by atoms with Gasteiger partial charge in [-0.3, -0.25) is 4.79 Å². The van der Waals surface area contributed by atoms with Crippen LogP contribution in [0.1, 0.15) is 20.8 Å². The van der Waals surface area contributed by atoms with E-state index in [0.29, 0.717) is 0 Å². The fraction of sp³-hybridized carbons (Fsp3) is 0.900. The van der Waals surface area contributed by atoms with E-state index in [9.17, 15) is 13.2 Å². The highest BCUT2D eigenvalue weighted by Crippen LogP contribution is 2.27. The Labute approximate surface area is 102 Å². The molecule has 2 atom stereocenters. The van der Waals surface area contributed by atoms with Gasteiger partial charge in [-0.05, 0) is 20.8 Å². The second-order valence-corrected chi connectivity index (χ2v) is 7.93. The number of rotatable bonds is 3. The SMILES string of the molecule is CN(C1COCC1C(=O)O)S(=O)(=O)C(C)(C)C. The van der Waals surface area contributed by atoms with Crippen LogP contribution in [0.25, 0.3) is 0 Å². The molecule has 17 heavy (non-hydrogen) atoms. The van der Waals surface area contributed by atoms with Gasteiger partial charge in [0.1, 0.15) is 0 Å². The Morgan fingerprint density at radius 2 is 1.88 bits per heavy atom. The predicted octanol–water partition coefficient (Wildman–Crippen LogP) is 0.146. The molecule has 1 heterocycles. The quantitative estimate of drug-likeness (QED) is 0.785. The summed E-state index contributed by atoms with van der Waals surface area (Å²) in [5, 5.41) is 9.00. The Kier molecular flexibility index (Phi) is 3.85. The first-order valence-electron chi connectivity index (χ1n) is 5.37. The molecule has 6 nitrogen and oxygen atoms in total. The minimum Gasteiger partial charge on any atom is -0.481 e. The molecule has 0 bridgehead atoms. The number of carbonyl (C=O) groups is 1. The number of carboxylic acids is 1. The van der Waals surface area contributed by atoms with Crippen molar-refractivity contribution in [3.05, 3.63) is 0 Å². The van der Waals surface area contributed by atoms with E-state index in [1.165, 1.54) is 7.05 Å². The molecule has 0 aliphatic carbocycles. The molecule has 100 valence electrons. The number of ether oxygens (including phenoxy) is 1. The lowest BCUT2D eigenvalue weighted by atomic mass is 10.1. The standard InChI is InChI=1S/C10H19NO5S/c1-10(2,3)17(14,15)11(4)8-6-16-5-7(8)9(12)13/h7-8H,5-6H2,1-4H3,(H,12,13). The van der Waals surface area contributed by atoms with E-state index >= 15 is 0 Å². The number of hydrogen-bond donors (Lipinski definition) is 1. The third kappa shape index (κ3) is 2.61. The van der Waals surface area contributed by atoms with E-state index in [0.717, 1.165) is 4.31 Å². The first-order chi connectivity index (χ1) is 7.59. The summed E-state index contributed by atoms with van der Waals surface area (Å²) in [6, 6.07) is -0.628. The zero-order valence-electron chi connectivity index (χ0n) is 10.5. The normalized spacial score (nSPS) is 26.4. The van der Waals surface area contributed by atoms with Crippen LogP contribution in [0.4, 0.5) is 0 Å². The maximum Gasteiger partial charge on any atom is 0.310 e. The Morgan fingerprint density at radius 1 is 1.35 bits per heavy atom. The Balaban J connectivity index is 2.98. The lowest BCUT2D eigenvalue weighted by Gasteiger charge is -2.31. The summed E-state index contributed by atoms with van der Waals surface area (Å²) >= 11 is 0. The van der Waals surface area contributed by atoms with E-state index < -0.39 is 32.7 Å². The van der Waals surface area contributed by atoms with Gasteiger partial charge in [0.2, 0.25) is 10.0 Å². The van der Waals surface area contributed by atoms with Gasteiger partial charge in [-0.2, -0.15) is 4.31 Å². The molecule has 1 rings (SSSR count). The van der Waals surface area contributed by atoms with Gasteiger partial charge in [0.25, 0.3) is 0 Å². The molecule has 7 heteroatoms. The summed E-state index contributed by atoms with van der Waals surface area (Å²) in [4.78, 5) is 11.0. The van der Waals surface area contributed by atoms with E-state index in [1.54, 1.807) is 20.8 Å². The van der Waals surface area contributed by atoms with E-state index in [4.69, 9.17) is 9.84 Å². The zero-order valence-corrected chi connectivity index (χ0v) is 11.3. The van der Waals surface area contributed by atoms with Crippen LogP contribution in [-0.4, -0.2) is 54.8 Å². The van der Waals surface area contributed by atoms with Gasteiger partial charge in [0.15, 0.2) is 0 Å². The zero-order chi connectivity index (χ0) is 13.4. The van der Waals surface area contributed by atoms with Crippen molar-refractivity contribution in [2.45, 2.75) is 31.6 Å². The molecular weight excluding hydrogens is 246 g/mol. The minimum absolute atomic E-state index is 0.0595. The van der Waals surface area contributed by atoms with Crippen LogP contribution in [0.3, 0.4) is 0 Å². The average molecular weight is 265 g/mol. The fourth-order valence-corrected chi connectivity index (χ4v) is 3.18. The van der Waals surface area contributed by atoms with Gasteiger partial charge < -0.3 is 9.84 Å². The highest BCUT2D eigenvalue weighted by atomic mass is 32.2. The maximum atomic E-state index is 12.2. The minimum atomic E-state index is -3.54. The van der Waals surface area contributed by atoms with E-state index in [-0.39, 0.29) is 13.2 Å². The predicted molar refractivity (Wildman–Crippen MR) is 62.2 cm³/mol. The molecule has 0 spiro atoms. The number of sulfonamides is 1. The number of nitrogens with zero attached hydrogens (tertiary/aromatic N) is 1. The first-order valence-corrected chi connectivity index (χ1v) is 6.81. The Morgan fingerprint density at radius 3 is 2.29 bits per heavy atom. The fourth-order valence-electron chi connectivity index (χ4n) is 1.75. The molecule has 2 unspecified atom stereocenters. The van der Waals surface area contributed by atoms with Gasteiger partial charge >= 0.3 is 5.97 Å². The molecular formula is C10H19NO5S. The van der Waals surface area contributed by atoms with Crippen molar-refractivity contribution in [2.75, 3.05) is 20.3 Å². The van der Waals surface area contributed by atoms with Crippen molar-refractivity contribution in [1.82, 2.24) is 4.31 Å². The summed E-state index contributed by atoms with van der Waals surface area (Å²) in [5.41, 5.74) is 0. The number of aliphatic carboxylic acids is 1. The van der Waals surface area contributed by atoms with Gasteiger partial charge in [-0.15, -0.1) is 0 Å². The van der Waals surface area contributed by atoms with Gasteiger partial charge in [0, 0.05) is 7.05 Å². The largest absolute Gasteiger partial charge is 0.481 e. The van der Waals surface area contributed by atoms with Crippen molar-refractivity contribution in [3.8, 4) is 0 Å². The topological polar surface area (TPSA) is 83.9 Å². The second-order valence-electron chi connectivity index (χ2n) is 5.18. The van der Waals surface area contributed by atoms with Crippen LogP contribution in [0.2, 0.25) is 0 Å². The van der Waals surface area contributed by atoms with Crippen molar-refractivity contribution in [1.29, 1.82) is 0 Å². The van der Waals surface area contributed by atoms with Gasteiger partial charge in [0.05, 0.1) is 29.9 Å². The summed E-state index contributed by atoms with van der Waals surface area (Å²) in [7, 11) is -2.12. The number of likely N-dealkylation sites (N-methyl/N-ethyl adjacent to an activating group) is 1. The molecule has 1 fully saturated rings. The smallest absolute Gasteiger partial charge is 0.310 e. The molecule has 1 aliphatic rings. The van der Waals surface area contributed by atoms with Crippen molar-refractivity contribution < 1.29 is 23.1 Å². The molecule has 0 amide bonds. The molecule has 1 N–H and O–H groups in total. The molecule has 0 aromatic heterocycles. The first kappa shape index (κ1) is 14.4. The van der Waals surface area contributed by atoms with Crippen LogP contribution < -0.4 is 0 Å². The van der Waals surface area contributed by atoms with Crippen LogP contribution in [-0.2, 0) is 19.6 Å². The Hall–Kier alpha value is -0.660. The molecule has 0 aromatic rings. The molecule has 0 radical (unpaired) electrons. The summed E-state index contributed by atoms with van der Waals surface area (Å²) in [6.07, 6.45) is 0. The van der Waals surface area contributed by atoms with Crippen molar-refractivity contribution >= 4 is 16.0 Å². The van der Waals surface area contributed by atoms with Crippen molar-refractivity contribution in [3.63, 3.8) is 0 Å². The van der Waals surface area contributed by atoms with Crippen LogP contribution in [0.5, 0.6) is 0 Å². The lowest BCUT2D eigenvalue weighted by molar-refractivity contribution is -0.142. The number of carboxylic acid groups (broad SMARTS) is 1. The second kappa shape index (κ2) is 4.55. The van der Waals surface area contributed by atoms with Crippen molar-refractivity contribution in [2.24, 2.45) is 5.92 Å². The molecule has 0 saturated carbocycles. The monoisotopic (exact) mass is 265 g/mol. The highest BCUT2D eigenvalue weighted by molar-refractivity contribution is 7.90. The Bertz CT molecular complexity index is 397. The van der Waals surface area contributed by atoms with Gasteiger partial charge in [-0.25, -0.2) is 8.42 Å². The van der Waals surface area contributed by atoms with Gasteiger partial charge in [-0.1, -0.05) is 0 Å². The molecule has 1 aliphatic heterocycles. The average Bonchev–Trinajstić information content (AvgIpc) is 2.62. The van der Waals surface area contributed by atoms with E-state index in [2.05, 4.69) is 0 Å². The molecule has 1 saturated heterocycles. The third-order valence-corrected chi connectivity index (χ3v) is 5.56. The van der Waals surface area contributed by atoms with E-state index in [1.807, 2.05) is 0 Å². The maximum absolute atomic E-state index is 12.2. The lowest BCUT2D eigenvalue weighted by Crippen LogP contribution is -2.49. The third-order valence-electron chi connectivity index (χ3n) is 2.99. The summed E-state index contributed by atoms with van der Waals surface area (Å²) in [5.74, 6) is -1.82. The summed E-state index contributed by atoms with van der Waals surface area (Å²) in [6.45, 7) is 4.95.